The van der Waals surface area contributed by atoms with E-state index in [0.717, 1.165) is 16.5 Å². The number of para-hydroxylation sites is 1. The highest BCUT2D eigenvalue weighted by atomic mass is 32.2. The number of aromatic nitrogens is 1. The molecule has 0 aliphatic heterocycles. The number of nitrogens with zero attached hydrogens (tertiary/aromatic N) is 1. The smallest absolute Gasteiger partial charge is 0.339 e. The van der Waals surface area contributed by atoms with Crippen molar-refractivity contribution in [2.24, 2.45) is 0 Å². The molecule has 0 atom stereocenters. The molecular formula is C23H19NO5S2. The molecule has 1 heterocycles. The molecule has 1 aromatic heterocycles. The molecular weight excluding hydrogens is 434 g/mol. The first-order chi connectivity index (χ1) is 14.7. The van der Waals surface area contributed by atoms with E-state index in [-0.39, 0.29) is 21.3 Å². The predicted octanol–water partition coefficient (Wildman–Crippen LogP) is 4.28. The van der Waals surface area contributed by atoms with Crippen LogP contribution in [0, 0.1) is 6.92 Å². The highest BCUT2D eigenvalue weighted by molar-refractivity contribution is 7.90. The summed E-state index contributed by atoms with van der Waals surface area (Å²) in [5, 5.41) is 0.930. The van der Waals surface area contributed by atoms with Crippen LogP contribution in [-0.2, 0) is 25.7 Å². The zero-order valence-electron chi connectivity index (χ0n) is 16.6. The van der Waals surface area contributed by atoms with E-state index in [4.69, 9.17) is 4.18 Å². The number of fused-ring (bicyclic) bond motifs is 1. The molecule has 0 aliphatic rings. The third kappa shape index (κ3) is 4.76. The summed E-state index contributed by atoms with van der Waals surface area (Å²) in [6, 6.07) is 22.6. The lowest BCUT2D eigenvalue weighted by molar-refractivity contribution is 0.486. The number of aryl methyl sites for hydroxylation is 1. The SMILES string of the molecule is Cc1ccc(S(=O)(=O)Oc2ccc(S(=O)(=O)Cc3ccc4ccccc4n3)cc2)cc1. The van der Waals surface area contributed by atoms with E-state index in [1.807, 2.05) is 37.3 Å². The van der Waals surface area contributed by atoms with Gasteiger partial charge in [0.25, 0.3) is 0 Å². The molecule has 0 spiro atoms. The lowest BCUT2D eigenvalue weighted by Gasteiger charge is -2.09. The molecule has 0 fully saturated rings. The molecule has 4 rings (SSSR count). The summed E-state index contributed by atoms with van der Waals surface area (Å²) in [6.07, 6.45) is 0. The van der Waals surface area contributed by atoms with Crippen LogP contribution in [0.15, 0.2) is 94.7 Å². The predicted molar refractivity (Wildman–Crippen MR) is 118 cm³/mol. The molecule has 0 saturated heterocycles. The second-order valence-electron chi connectivity index (χ2n) is 7.08. The van der Waals surface area contributed by atoms with Gasteiger partial charge in [-0.2, -0.15) is 8.42 Å². The van der Waals surface area contributed by atoms with Gasteiger partial charge in [0, 0.05) is 5.39 Å². The Bertz CT molecular complexity index is 1440. The quantitative estimate of drug-likeness (QED) is 0.405. The molecule has 6 nitrogen and oxygen atoms in total. The van der Waals surface area contributed by atoms with Gasteiger partial charge >= 0.3 is 10.1 Å². The summed E-state index contributed by atoms with van der Waals surface area (Å²) in [7, 11) is -7.67. The number of rotatable bonds is 6. The van der Waals surface area contributed by atoms with Crippen molar-refractivity contribution >= 4 is 30.9 Å². The minimum absolute atomic E-state index is 0.0252. The van der Waals surface area contributed by atoms with Crippen LogP contribution in [0.4, 0.5) is 0 Å². The van der Waals surface area contributed by atoms with E-state index in [0.29, 0.717) is 5.69 Å². The van der Waals surface area contributed by atoms with Crippen LogP contribution in [0.3, 0.4) is 0 Å². The fourth-order valence-corrected chi connectivity index (χ4v) is 5.25. The van der Waals surface area contributed by atoms with Gasteiger partial charge in [0.05, 0.1) is 21.9 Å². The van der Waals surface area contributed by atoms with Gasteiger partial charge in [-0.05, 0) is 55.5 Å². The molecule has 0 aliphatic carbocycles. The van der Waals surface area contributed by atoms with Crippen LogP contribution in [-0.4, -0.2) is 21.8 Å². The number of benzene rings is 3. The Labute approximate surface area is 181 Å². The number of sulfone groups is 1. The summed E-state index contributed by atoms with van der Waals surface area (Å²) >= 11 is 0. The number of hydrogen-bond acceptors (Lipinski definition) is 6. The highest BCUT2D eigenvalue weighted by Crippen LogP contribution is 2.23. The number of hydrogen-bond donors (Lipinski definition) is 0. The van der Waals surface area contributed by atoms with Crippen molar-refractivity contribution in [2.45, 2.75) is 22.5 Å². The van der Waals surface area contributed by atoms with Gasteiger partial charge in [-0.1, -0.05) is 42.0 Å². The molecule has 0 N–H and O–H groups in total. The Kier molecular flexibility index (Phi) is 5.51. The normalized spacial score (nSPS) is 12.0. The summed E-state index contributed by atoms with van der Waals surface area (Å²) < 4.78 is 55.5. The van der Waals surface area contributed by atoms with Crippen LogP contribution < -0.4 is 4.18 Å². The van der Waals surface area contributed by atoms with Crippen LogP contribution in [0.5, 0.6) is 5.75 Å². The van der Waals surface area contributed by atoms with Gasteiger partial charge in [-0.3, -0.25) is 4.98 Å². The minimum atomic E-state index is -4.01. The lowest BCUT2D eigenvalue weighted by atomic mass is 10.2. The van der Waals surface area contributed by atoms with Crippen molar-refractivity contribution in [3.05, 3.63) is 96.2 Å². The Hall–Kier alpha value is -3.23. The van der Waals surface area contributed by atoms with Gasteiger partial charge in [0.15, 0.2) is 9.84 Å². The standard InChI is InChI=1S/C23H19NO5S2/c1-17-6-12-22(13-7-17)31(27,28)29-20-10-14-21(15-11-20)30(25,26)16-19-9-8-18-4-2-3-5-23(18)24-19/h2-15H,16H2,1H3. The van der Waals surface area contributed by atoms with Crippen molar-refractivity contribution in [1.82, 2.24) is 4.98 Å². The maximum atomic E-state index is 12.8. The Morgan fingerprint density at radius 1 is 0.742 bits per heavy atom. The summed E-state index contributed by atoms with van der Waals surface area (Å²) in [5.41, 5.74) is 2.08. The molecule has 3 aromatic carbocycles. The lowest BCUT2D eigenvalue weighted by Crippen LogP contribution is -2.10. The highest BCUT2D eigenvalue weighted by Gasteiger charge is 2.19. The van der Waals surface area contributed by atoms with E-state index in [9.17, 15) is 16.8 Å². The summed E-state index contributed by atoms with van der Waals surface area (Å²) in [4.78, 5) is 4.49. The first-order valence-corrected chi connectivity index (χ1v) is 12.5. The van der Waals surface area contributed by atoms with E-state index < -0.39 is 20.0 Å². The van der Waals surface area contributed by atoms with Crippen molar-refractivity contribution in [2.75, 3.05) is 0 Å². The maximum Gasteiger partial charge on any atom is 0.339 e. The van der Waals surface area contributed by atoms with Crippen molar-refractivity contribution < 1.29 is 21.0 Å². The van der Waals surface area contributed by atoms with Gasteiger partial charge in [-0.15, -0.1) is 0 Å². The van der Waals surface area contributed by atoms with Gasteiger partial charge < -0.3 is 4.18 Å². The molecule has 0 amide bonds. The van der Waals surface area contributed by atoms with Crippen molar-refractivity contribution in [3.63, 3.8) is 0 Å². The monoisotopic (exact) mass is 453 g/mol. The van der Waals surface area contributed by atoms with Gasteiger partial charge in [-0.25, -0.2) is 8.42 Å². The van der Waals surface area contributed by atoms with Crippen LogP contribution >= 0.6 is 0 Å². The fraction of sp³-hybridized carbons (Fsp3) is 0.0870. The third-order valence-electron chi connectivity index (χ3n) is 4.69. The topological polar surface area (TPSA) is 90.4 Å². The van der Waals surface area contributed by atoms with E-state index in [2.05, 4.69) is 4.98 Å². The van der Waals surface area contributed by atoms with Crippen molar-refractivity contribution in [3.8, 4) is 5.75 Å². The largest absolute Gasteiger partial charge is 0.379 e. The average molecular weight is 454 g/mol. The fourth-order valence-electron chi connectivity index (χ4n) is 3.05. The van der Waals surface area contributed by atoms with Crippen molar-refractivity contribution in [1.29, 1.82) is 0 Å². The third-order valence-corrected chi connectivity index (χ3v) is 7.62. The Morgan fingerprint density at radius 2 is 1.39 bits per heavy atom. The Balaban J connectivity index is 1.52. The van der Waals surface area contributed by atoms with E-state index in [1.165, 1.54) is 36.4 Å². The average Bonchev–Trinajstić information content (AvgIpc) is 2.74. The van der Waals surface area contributed by atoms with E-state index >= 15 is 0 Å². The molecule has 0 unspecified atom stereocenters. The van der Waals surface area contributed by atoms with Crippen LogP contribution in [0.25, 0.3) is 10.9 Å². The molecule has 31 heavy (non-hydrogen) atoms. The Morgan fingerprint density at radius 3 is 2.10 bits per heavy atom. The molecule has 0 saturated carbocycles. The zero-order chi connectivity index (χ0) is 22.1. The summed E-state index contributed by atoms with van der Waals surface area (Å²) in [5.74, 6) is -0.233. The van der Waals surface area contributed by atoms with Crippen LogP contribution in [0.2, 0.25) is 0 Å². The molecule has 4 aromatic rings. The number of pyridine rings is 1. The van der Waals surface area contributed by atoms with Gasteiger partial charge in [0.2, 0.25) is 0 Å². The molecule has 8 heteroatoms. The second-order valence-corrected chi connectivity index (χ2v) is 10.6. The molecule has 158 valence electrons. The maximum absolute atomic E-state index is 12.8. The van der Waals surface area contributed by atoms with Gasteiger partial charge in [0.1, 0.15) is 10.6 Å². The molecule has 0 bridgehead atoms. The first-order valence-electron chi connectivity index (χ1n) is 9.42. The second kappa shape index (κ2) is 8.13. The van der Waals surface area contributed by atoms with Crippen LogP contribution in [0.1, 0.15) is 11.3 Å². The van der Waals surface area contributed by atoms with E-state index in [1.54, 1.807) is 18.2 Å². The minimum Gasteiger partial charge on any atom is -0.379 e. The summed E-state index contributed by atoms with van der Waals surface area (Å²) in [6.45, 7) is 1.85. The zero-order valence-corrected chi connectivity index (χ0v) is 18.2. The molecule has 0 radical (unpaired) electrons. The first kappa shape index (κ1) is 21.0.